The van der Waals surface area contributed by atoms with Crippen LogP contribution in [0.2, 0.25) is 0 Å². The molecule has 0 aliphatic rings. The number of benzene rings is 1. The minimum Gasteiger partial charge on any atom is -0.326 e. The second-order valence-corrected chi connectivity index (χ2v) is 3.15. The van der Waals surface area contributed by atoms with E-state index < -0.39 is 0 Å². The van der Waals surface area contributed by atoms with Crippen LogP contribution < -0.4 is 11.1 Å². The molecule has 1 aromatic carbocycles. The highest BCUT2D eigenvalue weighted by molar-refractivity contribution is 5.17. The van der Waals surface area contributed by atoms with Crippen molar-refractivity contribution in [3.63, 3.8) is 0 Å². The number of nitrogens with one attached hydrogen (secondary N) is 1. The number of likely N-dealkylation sites (N-methyl/N-ethyl adjacent to an activating group) is 1. The van der Waals surface area contributed by atoms with Gasteiger partial charge in [-0.1, -0.05) is 12.1 Å². The van der Waals surface area contributed by atoms with Gasteiger partial charge in [-0.05, 0) is 31.2 Å². The van der Waals surface area contributed by atoms with Crippen LogP contribution in [0.5, 0.6) is 0 Å². The van der Waals surface area contributed by atoms with Crippen LogP contribution in [0.15, 0.2) is 24.3 Å². The van der Waals surface area contributed by atoms with Gasteiger partial charge in [0, 0.05) is 12.6 Å². The van der Waals surface area contributed by atoms with E-state index in [2.05, 4.69) is 5.32 Å². The Labute approximate surface area is 77.9 Å². The molecule has 1 rings (SSSR count). The van der Waals surface area contributed by atoms with Gasteiger partial charge in [-0.3, -0.25) is 0 Å². The van der Waals surface area contributed by atoms with Crippen molar-refractivity contribution in [2.75, 3.05) is 13.6 Å². The molecule has 0 saturated carbocycles. The van der Waals surface area contributed by atoms with E-state index >= 15 is 0 Å². The first kappa shape index (κ1) is 10.2. The molecule has 2 nitrogen and oxygen atoms in total. The summed E-state index contributed by atoms with van der Waals surface area (Å²) in [6.45, 7) is 0.775. The van der Waals surface area contributed by atoms with Gasteiger partial charge in [-0.15, -0.1) is 0 Å². The largest absolute Gasteiger partial charge is 0.326 e. The summed E-state index contributed by atoms with van der Waals surface area (Å²) in [6, 6.07) is 6.55. The Morgan fingerprint density at radius 2 is 2.00 bits per heavy atom. The van der Waals surface area contributed by atoms with Gasteiger partial charge in [0.25, 0.3) is 0 Å². The van der Waals surface area contributed by atoms with Crippen LogP contribution in [-0.4, -0.2) is 19.6 Å². The summed E-state index contributed by atoms with van der Waals surface area (Å²) in [4.78, 5) is 0. The van der Waals surface area contributed by atoms with Crippen molar-refractivity contribution >= 4 is 0 Å². The molecular formula is C10H15FN2. The molecule has 0 saturated heterocycles. The van der Waals surface area contributed by atoms with Gasteiger partial charge in [-0.2, -0.15) is 0 Å². The zero-order valence-electron chi connectivity index (χ0n) is 7.76. The molecule has 0 aliphatic heterocycles. The van der Waals surface area contributed by atoms with Crippen molar-refractivity contribution in [3.05, 3.63) is 35.6 Å². The molecule has 1 aromatic rings. The maximum Gasteiger partial charge on any atom is 0.123 e. The van der Waals surface area contributed by atoms with Crippen LogP contribution in [0.1, 0.15) is 5.56 Å². The second kappa shape index (κ2) is 4.94. The number of rotatable bonds is 4. The lowest BCUT2D eigenvalue weighted by atomic mass is 10.1. The molecule has 1 atom stereocenters. The average Bonchev–Trinajstić information content (AvgIpc) is 2.09. The Bertz CT molecular complexity index is 246. The number of halogens is 1. The highest BCUT2D eigenvalue weighted by Gasteiger charge is 2.02. The number of hydrogen-bond donors (Lipinski definition) is 2. The molecule has 0 heterocycles. The van der Waals surface area contributed by atoms with Gasteiger partial charge in [0.1, 0.15) is 5.82 Å². The molecular weight excluding hydrogens is 167 g/mol. The van der Waals surface area contributed by atoms with Crippen LogP contribution in [-0.2, 0) is 6.42 Å². The summed E-state index contributed by atoms with van der Waals surface area (Å²) in [5.74, 6) is -0.203. The van der Waals surface area contributed by atoms with Gasteiger partial charge in [0.2, 0.25) is 0 Å². The molecule has 3 N–H and O–H groups in total. The predicted octanol–water partition coefficient (Wildman–Crippen LogP) is 0.915. The van der Waals surface area contributed by atoms with E-state index in [1.165, 1.54) is 12.1 Å². The first-order valence-electron chi connectivity index (χ1n) is 4.37. The lowest BCUT2D eigenvalue weighted by molar-refractivity contribution is 0.609. The summed E-state index contributed by atoms with van der Waals surface area (Å²) in [5, 5.41) is 3.00. The maximum absolute atomic E-state index is 12.5. The van der Waals surface area contributed by atoms with Crippen molar-refractivity contribution in [1.82, 2.24) is 5.32 Å². The summed E-state index contributed by atoms with van der Waals surface area (Å²) in [5.41, 5.74) is 6.87. The van der Waals surface area contributed by atoms with Crippen molar-refractivity contribution in [2.45, 2.75) is 12.5 Å². The molecule has 1 unspecified atom stereocenters. The highest BCUT2D eigenvalue weighted by Crippen LogP contribution is 2.04. The second-order valence-electron chi connectivity index (χ2n) is 3.15. The predicted molar refractivity (Wildman–Crippen MR) is 52.0 cm³/mol. The molecule has 3 heteroatoms. The third kappa shape index (κ3) is 3.53. The third-order valence-corrected chi connectivity index (χ3v) is 1.88. The van der Waals surface area contributed by atoms with Gasteiger partial charge in [0.05, 0.1) is 0 Å². The quantitative estimate of drug-likeness (QED) is 0.726. The van der Waals surface area contributed by atoms with Crippen LogP contribution in [0, 0.1) is 5.82 Å². The fraction of sp³-hybridized carbons (Fsp3) is 0.400. The van der Waals surface area contributed by atoms with E-state index in [0.29, 0.717) is 0 Å². The average molecular weight is 182 g/mol. The molecule has 0 spiro atoms. The third-order valence-electron chi connectivity index (χ3n) is 1.88. The van der Waals surface area contributed by atoms with Gasteiger partial charge < -0.3 is 11.1 Å². The summed E-state index contributed by atoms with van der Waals surface area (Å²) in [6.07, 6.45) is 0.779. The standard InChI is InChI=1S/C10H15FN2/c1-13-7-10(12)6-8-2-4-9(11)5-3-8/h2-5,10,13H,6-7,12H2,1H3. The summed E-state index contributed by atoms with van der Waals surface area (Å²) >= 11 is 0. The van der Waals surface area contributed by atoms with Crippen molar-refractivity contribution in [2.24, 2.45) is 5.73 Å². The van der Waals surface area contributed by atoms with Crippen LogP contribution >= 0.6 is 0 Å². The van der Waals surface area contributed by atoms with Crippen molar-refractivity contribution in [1.29, 1.82) is 0 Å². The normalized spacial score (nSPS) is 12.8. The van der Waals surface area contributed by atoms with E-state index in [1.54, 1.807) is 12.1 Å². The molecule has 0 bridgehead atoms. The fourth-order valence-electron chi connectivity index (χ4n) is 1.26. The van der Waals surface area contributed by atoms with E-state index in [-0.39, 0.29) is 11.9 Å². The lowest BCUT2D eigenvalue weighted by Gasteiger charge is -2.10. The van der Waals surface area contributed by atoms with E-state index in [9.17, 15) is 4.39 Å². The Morgan fingerprint density at radius 1 is 1.38 bits per heavy atom. The Kier molecular flexibility index (Phi) is 3.86. The van der Waals surface area contributed by atoms with Crippen molar-refractivity contribution in [3.8, 4) is 0 Å². The topological polar surface area (TPSA) is 38.0 Å². The Hall–Kier alpha value is -0.930. The molecule has 0 fully saturated rings. The summed E-state index contributed by atoms with van der Waals surface area (Å²) < 4.78 is 12.5. The van der Waals surface area contributed by atoms with E-state index in [0.717, 1.165) is 18.5 Å². The molecule has 0 radical (unpaired) electrons. The first-order chi connectivity index (χ1) is 6.22. The fourth-order valence-corrected chi connectivity index (χ4v) is 1.26. The number of hydrogen-bond acceptors (Lipinski definition) is 2. The lowest BCUT2D eigenvalue weighted by Crippen LogP contribution is -2.33. The van der Waals surface area contributed by atoms with Gasteiger partial charge >= 0.3 is 0 Å². The zero-order valence-corrected chi connectivity index (χ0v) is 7.76. The summed E-state index contributed by atoms with van der Waals surface area (Å²) in [7, 11) is 1.87. The van der Waals surface area contributed by atoms with Gasteiger partial charge in [-0.25, -0.2) is 4.39 Å². The minimum atomic E-state index is -0.203. The van der Waals surface area contributed by atoms with Gasteiger partial charge in [0.15, 0.2) is 0 Å². The molecule has 72 valence electrons. The minimum absolute atomic E-state index is 0.0930. The zero-order chi connectivity index (χ0) is 9.68. The monoisotopic (exact) mass is 182 g/mol. The highest BCUT2D eigenvalue weighted by atomic mass is 19.1. The first-order valence-corrected chi connectivity index (χ1v) is 4.37. The van der Waals surface area contributed by atoms with E-state index in [1.807, 2.05) is 7.05 Å². The molecule has 13 heavy (non-hydrogen) atoms. The SMILES string of the molecule is CNCC(N)Cc1ccc(F)cc1. The van der Waals surface area contributed by atoms with Crippen LogP contribution in [0.25, 0.3) is 0 Å². The smallest absolute Gasteiger partial charge is 0.123 e. The molecule has 0 amide bonds. The molecule has 0 aliphatic carbocycles. The van der Waals surface area contributed by atoms with Crippen LogP contribution in [0.3, 0.4) is 0 Å². The number of nitrogens with two attached hydrogens (primary N) is 1. The van der Waals surface area contributed by atoms with E-state index in [4.69, 9.17) is 5.73 Å². The van der Waals surface area contributed by atoms with Crippen LogP contribution in [0.4, 0.5) is 4.39 Å². The Morgan fingerprint density at radius 3 is 2.54 bits per heavy atom. The maximum atomic E-state index is 12.5. The Balaban J connectivity index is 2.49. The molecule has 0 aromatic heterocycles. The van der Waals surface area contributed by atoms with Crippen molar-refractivity contribution < 1.29 is 4.39 Å².